The molecule has 2 heterocycles. The Morgan fingerprint density at radius 2 is 1.87 bits per heavy atom. The van der Waals surface area contributed by atoms with Gasteiger partial charge < -0.3 is 5.73 Å². The molecule has 2 aliphatic rings. The molecule has 0 amide bonds. The predicted molar refractivity (Wildman–Crippen MR) is 92.0 cm³/mol. The minimum Gasteiger partial charge on any atom is -0.383 e. The highest BCUT2D eigenvalue weighted by atomic mass is 19.1. The molecule has 124 valence electrons. The minimum atomic E-state index is -0.517. The van der Waals surface area contributed by atoms with E-state index in [-0.39, 0.29) is 0 Å². The van der Waals surface area contributed by atoms with Gasteiger partial charge in [-0.25, -0.2) is 14.4 Å². The fourth-order valence-corrected chi connectivity index (χ4v) is 3.39. The number of aromatic nitrogens is 2. The molecule has 4 nitrogen and oxygen atoms in total. The normalized spacial score (nSPS) is 19.9. The van der Waals surface area contributed by atoms with Crippen molar-refractivity contribution < 1.29 is 4.39 Å². The number of likely N-dealkylation sites (tertiary alicyclic amines) is 1. The minimum absolute atomic E-state index is 0.517. The summed E-state index contributed by atoms with van der Waals surface area (Å²) in [4.78, 5) is 10.3. The maximum atomic E-state index is 12.5. The van der Waals surface area contributed by atoms with Crippen LogP contribution in [0.15, 0.2) is 24.5 Å². The van der Waals surface area contributed by atoms with Crippen molar-refractivity contribution in [1.29, 1.82) is 0 Å². The number of nitrogens with zero attached hydrogens (tertiary/aromatic N) is 3. The Morgan fingerprint density at radius 3 is 2.57 bits per heavy atom. The average molecular weight is 316 g/mol. The van der Waals surface area contributed by atoms with Crippen LogP contribution in [0.25, 0.3) is 10.9 Å². The van der Waals surface area contributed by atoms with Gasteiger partial charge in [-0.15, -0.1) is 0 Å². The van der Waals surface area contributed by atoms with Gasteiger partial charge in [0, 0.05) is 24.5 Å². The van der Waals surface area contributed by atoms with E-state index in [1.807, 2.05) is 25.1 Å². The van der Waals surface area contributed by atoms with Gasteiger partial charge in [-0.05, 0) is 31.9 Å². The van der Waals surface area contributed by atoms with Gasteiger partial charge in [0.25, 0.3) is 0 Å². The van der Waals surface area contributed by atoms with Gasteiger partial charge in [0.15, 0.2) is 0 Å². The Bertz CT molecular complexity index is 649. The number of fused-ring (bicyclic) bond motifs is 1. The Labute approximate surface area is 136 Å². The van der Waals surface area contributed by atoms with E-state index >= 15 is 0 Å². The second-order valence-corrected chi connectivity index (χ2v) is 6.62. The number of alkyl halides is 1. The highest BCUT2D eigenvalue weighted by Crippen LogP contribution is 2.26. The zero-order chi connectivity index (χ0) is 16.2. The number of rotatable bonds is 1. The van der Waals surface area contributed by atoms with E-state index in [1.54, 1.807) is 0 Å². The number of nitrogen functional groups attached to an aromatic ring is 1. The molecule has 2 aromatic rings. The van der Waals surface area contributed by atoms with Crippen molar-refractivity contribution >= 4 is 16.7 Å². The van der Waals surface area contributed by atoms with Gasteiger partial charge in [-0.3, -0.25) is 4.90 Å². The highest BCUT2D eigenvalue weighted by molar-refractivity contribution is 5.88. The van der Waals surface area contributed by atoms with Crippen LogP contribution in [0.5, 0.6) is 0 Å². The molecule has 1 aromatic carbocycles. The first-order valence-electron chi connectivity index (χ1n) is 8.48. The van der Waals surface area contributed by atoms with Crippen molar-refractivity contribution in [3.8, 4) is 0 Å². The molecule has 1 aliphatic carbocycles. The first-order valence-corrected chi connectivity index (χ1v) is 8.48. The fraction of sp³-hybridized carbons (Fsp3) is 0.556. The topological polar surface area (TPSA) is 55.0 Å². The van der Waals surface area contributed by atoms with E-state index in [0.717, 1.165) is 16.9 Å². The molecule has 4 rings (SSSR count). The maximum Gasteiger partial charge on any atom is 0.134 e. The van der Waals surface area contributed by atoms with Crippen LogP contribution in [0.2, 0.25) is 0 Å². The van der Waals surface area contributed by atoms with Gasteiger partial charge in [-0.1, -0.05) is 30.9 Å². The number of benzene rings is 1. The molecule has 2 fully saturated rings. The van der Waals surface area contributed by atoms with E-state index in [0.29, 0.717) is 18.9 Å². The Hall–Kier alpha value is -1.75. The maximum absolute atomic E-state index is 12.5. The van der Waals surface area contributed by atoms with Crippen LogP contribution < -0.4 is 5.73 Å². The molecule has 2 N–H and O–H groups in total. The summed E-state index contributed by atoms with van der Waals surface area (Å²) in [5, 5.41) is 0.928. The van der Waals surface area contributed by atoms with Crippen LogP contribution >= 0.6 is 0 Å². The SMILES string of the molecule is Cc1ccc2ncnc(N)c2c1.FC1CN(C2CCCCC2)C1. The monoisotopic (exact) mass is 316 g/mol. The zero-order valence-corrected chi connectivity index (χ0v) is 13.7. The van der Waals surface area contributed by atoms with E-state index in [9.17, 15) is 4.39 Å². The molecule has 0 unspecified atom stereocenters. The Kier molecular flexibility index (Phi) is 5.06. The van der Waals surface area contributed by atoms with Crippen LogP contribution in [0.1, 0.15) is 37.7 Å². The van der Waals surface area contributed by atoms with Gasteiger partial charge >= 0.3 is 0 Å². The average Bonchev–Trinajstić information content (AvgIpc) is 2.54. The number of halogens is 1. The number of hydrogen-bond acceptors (Lipinski definition) is 4. The molecule has 0 radical (unpaired) electrons. The lowest BCUT2D eigenvalue weighted by Crippen LogP contribution is -2.53. The molecule has 0 bridgehead atoms. The van der Waals surface area contributed by atoms with E-state index < -0.39 is 6.17 Å². The standard InChI is InChI=1S/C9H16FN.C9H9N3/c10-8-6-11(7-8)9-4-2-1-3-5-9;1-6-2-3-8-7(4-6)9(10)12-5-11-8/h8-9H,1-7H2;2-5H,1H3,(H2,10,11,12). The first kappa shape index (κ1) is 16.1. The third kappa shape index (κ3) is 3.96. The van der Waals surface area contributed by atoms with Crippen LogP contribution in [-0.2, 0) is 0 Å². The zero-order valence-electron chi connectivity index (χ0n) is 13.7. The molecule has 0 atom stereocenters. The third-order valence-electron chi connectivity index (χ3n) is 4.78. The summed E-state index contributed by atoms with van der Waals surface area (Å²) in [5.41, 5.74) is 7.74. The number of nitrogens with two attached hydrogens (primary N) is 1. The third-order valence-corrected chi connectivity index (χ3v) is 4.78. The lowest BCUT2D eigenvalue weighted by atomic mass is 9.92. The van der Waals surface area contributed by atoms with Crippen LogP contribution in [0.4, 0.5) is 10.2 Å². The summed E-state index contributed by atoms with van der Waals surface area (Å²) < 4.78 is 12.5. The summed E-state index contributed by atoms with van der Waals surface area (Å²) in [6, 6.07) is 6.68. The van der Waals surface area contributed by atoms with Crippen molar-refractivity contribution in [3.05, 3.63) is 30.1 Å². The van der Waals surface area contributed by atoms with Gasteiger partial charge in [0.2, 0.25) is 0 Å². The Balaban J connectivity index is 0.000000136. The molecule has 1 aliphatic heterocycles. The second kappa shape index (κ2) is 7.21. The van der Waals surface area contributed by atoms with Gasteiger partial charge in [0.05, 0.1) is 5.52 Å². The summed E-state index contributed by atoms with van der Waals surface area (Å²) >= 11 is 0. The first-order chi connectivity index (χ1) is 11.1. The molecule has 5 heteroatoms. The molecular weight excluding hydrogens is 291 g/mol. The summed E-state index contributed by atoms with van der Waals surface area (Å²) in [6.45, 7) is 3.45. The summed E-state index contributed by atoms with van der Waals surface area (Å²) in [7, 11) is 0. The Morgan fingerprint density at radius 1 is 1.13 bits per heavy atom. The summed E-state index contributed by atoms with van der Waals surface area (Å²) in [6.07, 6.45) is 7.70. The molecular formula is C18H25FN4. The molecule has 1 aromatic heterocycles. The van der Waals surface area contributed by atoms with Crippen molar-refractivity contribution in [2.24, 2.45) is 0 Å². The number of anilines is 1. The molecule has 23 heavy (non-hydrogen) atoms. The van der Waals surface area contributed by atoms with E-state index in [4.69, 9.17) is 5.73 Å². The highest BCUT2D eigenvalue weighted by Gasteiger charge is 2.32. The van der Waals surface area contributed by atoms with E-state index in [1.165, 1.54) is 44.0 Å². The van der Waals surface area contributed by atoms with Crippen LogP contribution in [0, 0.1) is 6.92 Å². The second-order valence-electron chi connectivity index (χ2n) is 6.62. The lowest BCUT2D eigenvalue weighted by molar-refractivity contribution is 0.0141. The summed E-state index contributed by atoms with van der Waals surface area (Å²) in [5.74, 6) is 0.545. The fourth-order valence-electron chi connectivity index (χ4n) is 3.39. The predicted octanol–water partition coefficient (Wildman–Crippen LogP) is 3.49. The molecule has 1 saturated carbocycles. The van der Waals surface area contributed by atoms with Crippen LogP contribution in [0.3, 0.4) is 0 Å². The van der Waals surface area contributed by atoms with Crippen LogP contribution in [-0.4, -0.2) is 40.2 Å². The van der Waals surface area contributed by atoms with Crippen molar-refractivity contribution in [2.45, 2.75) is 51.2 Å². The van der Waals surface area contributed by atoms with Crippen molar-refractivity contribution in [1.82, 2.24) is 14.9 Å². The van der Waals surface area contributed by atoms with Gasteiger partial charge in [-0.2, -0.15) is 0 Å². The van der Waals surface area contributed by atoms with Crippen molar-refractivity contribution in [3.63, 3.8) is 0 Å². The number of aryl methyl sites for hydroxylation is 1. The largest absolute Gasteiger partial charge is 0.383 e. The number of hydrogen-bond donors (Lipinski definition) is 1. The van der Waals surface area contributed by atoms with Gasteiger partial charge in [0.1, 0.15) is 18.3 Å². The van der Waals surface area contributed by atoms with E-state index in [2.05, 4.69) is 14.9 Å². The molecule has 0 spiro atoms. The molecule has 1 saturated heterocycles. The smallest absolute Gasteiger partial charge is 0.134 e. The lowest BCUT2D eigenvalue weighted by Gasteiger charge is -2.42. The quantitative estimate of drug-likeness (QED) is 0.875. The van der Waals surface area contributed by atoms with Crippen molar-refractivity contribution in [2.75, 3.05) is 18.8 Å².